The van der Waals surface area contributed by atoms with Crippen molar-refractivity contribution >= 4 is 11.6 Å². The molecular weight excluding hydrogens is 216 g/mol. The Kier molecular flexibility index (Phi) is 3.22. The average molecular weight is 234 g/mol. The van der Waals surface area contributed by atoms with E-state index in [9.17, 15) is 9.90 Å². The summed E-state index contributed by atoms with van der Waals surface area (Å²) in [6, 6.07) is 4.63. The first-order valence-corrected chi connectivity index (χ1v) is 5.92. The molecule has 2 rings (SSSR count). The first kappa shape index (κ1) is 11.8. The van der Waals surface area contributed by atoms with E-state index < -0.39 is 0 Å². The maximum absolute atomic E-state index is 12.1. The van der Waals surface area contributed by atoms with Gasteiger partial charge >= 0.3 is 0 Å². The van der Waals surface area contributed by atoms with E-state index >= 15 is 0 Å². The second-order valence-corrected chi connectivity index (χ2v) is 4.76. The second kappa shape index (κ2) is 4.65. The summed E-state index contributed by atoms with van der Waals surface area (Å²) in [6.45, 7) is 0.796. The van der Waals surface area contributed by atoms with Crippen LogP contribution in [0.25, 0.3) is 0 Å². The number of carbonyl (C=O) groups is 1. The number of phenolic OH excluding ortho intramolecular Hbond substituents is 1. The Bertz CT molecular complexity index is 427. The topological polar surface area (TPSA) is 66.6 Å². The van der Waals surface area contributed by atoms with E-state index in [1.54, 1.807) is 24.1 Å². The van der Waals surface area contributed by atoms with Crippen LogP contribution in [0.3, 0.4) is 0 Å². The van der Waals surface area contributed by atoms with Gasteiger partial charge in [0.25, 0.3) is 5.91 Å². The molecule has 4 heteroatoms. The highest BCUT2D eigenvalue weighted by Gasteiger charge is 2.22. The maximum Gasteiger partial charge on any atom is 0.253 e. The van der Waals surface area contributed by atoms with Crippen LogP contribution >= 0.6 is 0 Å². The average Bonchev–Trinajstić information content (AvgIpc) is 2.26. The van der Waals surface area contributed by atoms with Crippen LogP contribution in [0.1, 0.15) is 29.6 Å². The number of carbonyl (C=O) groups excluding carboxylic acids is 1. The molecule has 0 radical (unpaired) electrons. The third kappa shape index (κ3) is 2.52. The van der Waals surface area contributed by atoms with Crippen molar-refractivity contribution in [3.63, 3.8) is 0 Å². The molecule has 1 aliphatic carbocycles. The lowest BCUT2D eigenvalue weighted by atomic mass is 9.85. The highest BCUT2D eigenvalue weighted by atomic mass is 16.3. The highest BCUT2D eigenvalue weighted by Crippen LogP contribution is 2.27. The monoisotopic (exact) mass is 234 g/mol. The van der Waals surface area contributed by atoms with Gasteiger partial charge in [0.05, 0.1) is 5.69 Å². The van der Waals surface area contributed by atoms with Crippen LogP contribution in [-0.4, -0.2) is 29.5 Å². The standard InChI is InChI=1S/C13H18N2O2/c1-15(8-9-3-2-4-9)13(17)10-5-6-11(14)12(16)7-10/h5-7,9,16H,2-4,8,14H2,1H3. The highest BCUT2D eigenvalue weighted by molar-refractivity contribution is 5.95. The van der Waals surface area contributed by atoms with Crippen molar-refractivity contribution < 1.29 is 9.90 Å². The van der Waals surface area contributed by atoms with Crippen LogP contribution in [0.2, 0.25) is 0 Å². The normalized spacial score (nSPS) is 15.4. The summed E-state index contributed by atoms with van der Waals surface area (Å²) in [6.07, 6.45) is 3.70. The number of hydrogen-bond donors (Lipinski definition) is 2. The van der Waals surface area contributed by atoms with E-state index in [2.05, 4.69) is 0 Å². The van der Waals surface area contributed by atoms with E-state index in [0.29, 0.717) is 17.2 Å². The summed E-state index contributed by atoms with van der Waals surface area (Å²) in [7, 11) is 1.80. The number of phenols is 1. The fourth-order valence-electron chi connectivity index (χ4n) is 2.04. The van der Waals surface area contributed by atoms with Gasteiger partial charge in [-0.3, -0.25) is 4.79 Å². The molecule has 0 bridgehead atoms. The lowest BCUT2D eigenvalue weighted by Crippen LogP contribution is -2.34. The van der Waals surface area contributed by atoms with E-state index in [4.69, 9.17) is 5.73 Å². The molecule has 0 aliphatic heterocycles. The molecule has 1 aromatic rings. The number of nitrogens with zero attached hydrogens (tertiary/aromatic N) is 1. The van der Waals surface area contributed by atoms with Gasteiger partial charge in [0.1, 0.15) is 5.75 Å². The van der Waals surface area contributed by atoms with Gasteiger partial charge in [-0.15, -0.1) is 0 Å². The lowest BCUT2D eigenvalue weighted by Gasteiger charge is -2.30. The maximum atomic E-state index is 12.1. The predicted octanol–water partition coefficient (Wildman–Crippen LogP) is 1.85. The molecular formula is C13H18N2O2. The van der Waals surface area contributed by atoms with E-state index in [1.165, 1.54) is 25.3 Å². The molecule has 17 heavy (non-hydrogen) atoms. The number of hydrogen-bond acceptors (Lipinski definition) is 3. The molecule has 0 unspecified atom stereocenters. The minimum Gasteiger partial charge on any atom is -0.506 e. The van der Waals surface area contributed by atoms with Gasteiger partial charge < -0.3 is 15.7 Å². The van der Waals surface area contributed by atoms with Crippen molar-refractivity contribution in [2.75, 3.05) is 19.3 Å². The Hall–Kier alpha value is -1.71. The quantitative estimate of drug-likeness (QED) is 0.619. The Balaban J connectivity index is 2.04. The Morgan fingerprint density at radius 3 is 2.76 bits per heavy atom. The summed E-state index contributed by atoms with van der Waals surface area (Å²) in [4.78, 5) is 13.8. The summed E-state index contributed by atoms with van der Waals surface area (Å²) >= 11 is 0. The van der Waals surface area contributed by atoms with Crippen LogP contribution in [0, 0.1) is 5.92 Å². The van der Waals surface area contributed by atoms with Crippen LogP contribution in [0.15, 0.2) is 18.2 Å². The molecule has 1 saturated carbocycles. The molecule has 0 atom stereocenters. The minimum atomic E-state index is -0.0628. The van der Waals surface area contributed by atoms with E-state index in [-0.39, 0.29) is 11.7 Å². The summed E-state index contributed by atoms with van der Waals surface area (Å²) < 4.78 is 0. The van der Waals surface area contributed by atoms with Crippen molar-refractivity contribution in [1.29, 1.82) is 0 Å². The molecule has 1 amide bonds. The second-order valence-electron chi connectivity index (χ2n) is 4.76. The number of anilines is 1. The SMILES string of the molecule is CN(CC1CCC1)C(=O)c1ccc(N)c(O)c1. The summed E-state index contributed by atoms with van der Waals surface area (Å²) in [5, 5.41) is 9.47. The van der Waals surface area contributed by atoms with Crippen molar-refractivity contribution in [2.45, 2.75) is 19.3 Å². The van der Waals surface area contributed by atoms with Crippen LogP contribution in [-0.2, 0) is 0 Å². The number of nitrogens with two attached hydrogens (primary N) is 1. The lowest BCUT2D eigenvalue weighted by molar-refractivity contribution is 0.0745. The number of amides is 1. The summed E-state index contributed by atoms with van der Waals surface area (Å²) in [5.74, 6) is 0.548. The zero-order chi connectivity index (χ0) is 12.4. The molecule has 1 aromatic carbocycles. The Morgan fingerprint density at radius 2 is 2.24 bits per heavy atom. The molecule has 0 aromatic heterocycles. The molecule has 3 N–H and O–H groups in total. The first-order valence-electron chi connectivity index (χ1n) is 5.92. The molecule has 1 fully saturated rings. The fourth-order valence-corrected chi connectivity index (χ4v) is 2.04. The van der Waals surface area contributed by atoms with Gasteiger partial charge in [-0.2, -0.15) is 0 Å². The number of nitrogen functional groups attached to an aromatic ring is 1. The number of aromatic hydroxyl groups is 1. The van der Waals surface area contributed by atoms with E-state index in [1.807, 2.05) is 0 Å². The largest absolute Gasteiger partial charge is 0.506 e. The van der Waals surface area contributed by atoms with Gasteiger partial charge in [0, 0.05) is 19.2 Å². The van der Waals surface area contributed by atoms with Crippen molar-refractivity contribution in [3.05, 3.63) is 23.8 Å². The minimum absolute atomic E-state index is 0.0344. The molecule has 0 saturated heterocycles. The van der Waals surface area contributed by atoms with Gasteiger partial charge in [-0.05, 0) is 37.0 Å². The van der Waals surface area contributed by atoms with Gasteiger partial charge in [-0.25, -0.2) is 0 Å². The van der Waals surface area contributed by atoms with Gasteiger partial charge in [0.15, 0.2) is 0 Å². The predicted molar refractivity (Wildman–Crippen MR) is 66.8 cm³/mol. The molecule has 0 heterocycles. The van der Waals surface area contributed by atoms with Crippen LogP contribution < -0.4 is 5.73 Å². The van der Waals surface area contributed by atoms with Gasteiger partial charge in [0.2, 0.25) is 0 Å². The smallest absolute Gasteiger partial charge is 0.253 e. The third-order valence-corrected chi connectivity index (χ3v) is 3.38. The zero-order valence-electron chi connectivity index (χ0n) is 10.0. The number of rotatable bonds is 3. The van der Waals surface area contributed by atoms with Crippen molar-refractivity contribution in [3.8, 4) is 5.75 Å². The molecule has 0 spiro atoms. The molecule has 4 nitrogen and oxygen atoms in total. The number of benzene rings is 1. The van der Waals surface area contributed by atoms with Gasteiger partial charge in [-0.1, -0.05) is 6.42 Å². The van der Waals surface area contributed by atoms with Crippen molar-refractivity contribution in [2.24, 2.45) is 5.92 Å². The van der Waals surface area contributed by atoms with E-state index in [0.717, 1.165) is 6.54 Å². The third-order valence-electron chi connectivity index (χ3n) is 3.38. The Morgan fingerprint density at radius 1 is 1.53 bits per heavy atom. The zero-order valence-corrected chi connectivity index (χ0v) is 10.0. The van der Waals surface area contributed by atoms with Crippen LogP contribution in [0.4, 0.5) is 5.69 Å². The Labute approximate surface area is 101 Å². The van der Waals surface area contributed by atoms with Crippen molar-refractivity contribution in [1.82, 2.24) is 4.90 Å². The first-order chi connectivity index (χ1) is 8.08. The van der Waals surface area contributed by atoms with Crippen LogP contribution in [0.5, 0.6) is 5.75 Å². The fraction of sp³-hybridized carbons (Fsp3) is 0.462. The molecule has 1 aliphatic rings. The summed E-state index contributed by atoms with van der Waals surface area (Å²) in [5.41, 5.74) is 6.28. The molecule has 92 valence electrons.